The number of benzene rings is 2. The number of alkyl halides is 1. The minimum Gasteiger partial charge on any atom is -0.207 e. The number of piperidine rings is 1. The summed E-state index contributed by atoms with van der Waals surface area (Å²) in [5.74, 6) is 0.406. The third-order valence-corrected chi connectivity index (χ3v) is 6.91. The van der Waals surface area contributed by atoms with Gasteiger partial charge in [-0.1, -0.05) is 52.3 Å². The number of halogens is 1. The molecule has 1 atom stereocenters. The van der Waals surface area contributed by atoms with Crippen molar-refractivity contribution in [2.24, 2.45) is 5.92 Å². The van der Waals surface area contributed by atoms with E-state index in [0.717, 1.165) is 28.9 Å². The van der Waals surface area contributed by atoms with Crippen LogP contribution in [-0.2, 0) is 10.0 Å². The topological polar surface area (TPSA) is 37.4 Å². The van der Waals surface area contributed by atoms with E-state index in [-0.39, 0.29) is 0 Å². The van der Waals surface area contributed by atoms with E-state index in [1.165, 1.54) is 0 Å². The third kappa shape index (κ3) is 2.87. The quantitative estimate of drug-likeness (QED) is 0.776. The second-order valence-electron chi connectivity index (χ2n) is 5.50. The molecule has 5 heteroatoms. The maximum absolute atomic E-state index is 13.0. The van der Waals surface area contributed by atoms with Crippen molar-refractivity contribution in [3.05, 3.63) is 42.5 Å². The molecule has 0 saturated carbocycles. The molecular weight excluding hydrogens is 350 g/mol. The molecule has 2 aromatic rings. The first kappa shape index (κ1) is 15.0. The van der Waals surface area contributed by atoms with E-state index in [9.17, 15) is 8.42 Å². The molecule has 0 bridgehead atoms. The summed E-state index contributed by atoms with van der Waals surface area (Å²) in [4.78, 5) is 0.427. The standard InChI is InChI=1S/C16H18BrNO2S/c17-11-13-5-4-10-18(12-13)21(19,20)16-9-3-7-14-6-1-2-8-15(14)16/h1-3,6-9,13H,4-5,10-12H2. The van der Waals surface area contributed by atoms with Gasteiger partial charge >= 0.3 is 0 Å². The van der Waals surface area contributed by atoms with Crippen molar-refractivity contribution in [2.45, 2.75) is 17.7 Å². The molecule has 1 aliphatic heterocycles. The molecule has 2 aromatic carbocycles. The largest absolute Gasteiger partial charge is 0.243 e. The van der Waals surface area contributed by atoms with Gasteiger partial charge in [0.2, 0.25) is 10.0 Å². The maximum Gasteiger partial charge on any atom is 0.243 e. The van der Waals surface area contributed by atoms with Crippen molar-refractivity contribution in [2.75, 3.05) is 18.4 Å². The molecule has 0 aliphatic carbocycles. The fraction of sp³-hybridized carbons (Fsp3) is 0.375. The molecular formula is C16H18BrNO2S. The van der Waals surface area contributed by atoms with E-state index in [1.807, 2.05) is 36.4 Å². The minimum atomic E-state index is -3.42. The van der Waals surface area contributed by atoms with Gasteiger partial charge in [-0.25, -0.2) is 8.42 Å². The summed E-state index contributed by atoms with van der Waals surface area (Å²) in [6.45, 7) is 1.23. The van der Waals surface area contributed by atoms with Crippen LogP contribution in [0, 0.1) is 5.92 Å². The van der Waals surface area contributed by atoms with Gasteiger partial charge in [0.25, 0.3) is 0 Å². The summed E-state index contributed by atoms with van der Waals surface area (Å²) >= 11 is 3.48. The maximum atomic E-state index is 13.0. The second-order valence-corrected chi connectivity index (χ2v) is 8.06. The molecule has 0 spiro atoms. The van der Waals surface area contributed by atoms with Gasteiger partial charge in [0.15, 0.2) is 0 Å². The Morgan fingerprint density at radius 1 is 1.14 bits per heavy atom. The summed E-state index contributed by atoms with van der Waals surface area (Å²) in [5, 5.41) is 2.63. The summed E-state index contributed by atoms with van der Waals surface area (Å²) in [6, 6.07) is 13.1. The fourth-order valence-corrected chi connectivity index (χ4v) is 5.23. The summed E-state index contributed by atoms with van der Waals surface area (Å²) in [7, 11) is -3.42. The fourth-order valence-electron chi connectivity index (χ4n) is 2.93. The molecule has 1 unspecified atom stereocenters. The van der Waals surface area contributed by atoms with Crippen LogP contribution >= 0.6 is 15.9 Å². The van der Waals surface area contributed by atoms with Crippen LogP contribution in [0.4, 0.5) is 0 Å². The lowest BCUT2D eigenvalue weighted by molar-refractivity contribution is 0.285. The molecule has 21 heavy (non-hydrogen) atoms. The van der Waals surface area contributed by atoms with Gasteiger partial charge in [0.1, 0.15) is 0 Å². The Bertz CT molecular complexity index is 740. The molecule has 0 radical (unpaired) electrons. The molecule has 0 amide bonds. The van der Waals surface area contributed by atoms with Crippen LogP contribution in [0.3, 0.4) is 0 Å². The van der Waals surface area contributed by atoms with Crippen LogP contribution in [0.25, 0.3) is 10.8 Å². The number of hydrogen-bond donors (Lipinski definition) is 0. The molecule has 112 valence electrons. The first-order valence-electron chi connectivity index (χ1n) is 7.17. The predicted molar refractivity (Wildman–Crippen MR) is 89.2 cm³/mol. The average Bonchev–Trinajstić information content (AvgIpc) is 2.54. The Morgan fingerprint density at radius 2 is 1.90 bits per heavy atom. The van der Waals surface area contributed by atoms with Crippen molar-refractivity contribution in [1.82, 2.24) is 4.31 Å². The van der Waals surface area contributed by atoms with Crippen molar-refractivity contribution >= 4 is 36.7 Å². The van der Waals surface area contributed by atoms with Gasteiger partial charge in [0.05, 0.1) is 4.90 Å². The molecule has 0 N–H and O–H groups in total. The Kier molecular flexibility index (Phi) is 4.33. The zero-order valence-corrected chi connectivity index (χ0v) is 14.1. The van der Waals surface area contributed by atoms with E-state index in [1.54, 1.807) is 10.4 Å². The highest BCUT2D eigenvalue weighted by Crippen LogP contribution is 2.29. The normalized spacial score (nSPS) is 20.7. The lowest BCUT2D eigenvalue weighted by atomic mass is 10.0. The molecule has 1 saturated heterocycles. The molecule has 1 aliphatic rings. The predicted octanol–water partition coefficient (Wildman–Crippen LogP) is 3.64. The van der Waals surface area contributed by atoms with Gasteiger partial charge in [-0.2, -0.15) is 4.31 Å². The van der Waals surface area contributed by atoms with Crippen LogP contribution in [0.2, 0.25) is 0 Å². The van der Waals surface area contributed by atoms with Crippen LogP contribution in [-0.4, -0.2) is 31.1 Å². The number of sulfonamides is 1. The molecule has 1 heterocycles. The zero-order chi connectivity index (χ0) is 14.9. The van der Waals surface area contributed by atoms with Crippen LogP contribution < -0.4 is 0 Å². The van der Waals surface area contributed by atoms with E-state index >= 15 is 0 Å². The summed E-state index contributed by atoms with van der Waals surface area (Å²) < 4.78 is 27.6. The van der Waals surface area contributed by atoms with E-state index in [2.05, 4.69) is 15.9 Å². The molecule has 0 aromatic heterocycles. The van der Waals surface area contributed by atoms with Crippen LogP contribution in [0.1, 0.15) is 12.8 Å². The zero-order valence-electron chi connectivity index (χ0n) is 11.7. The van der Waals surface area contributed by atoms with E-state index in [4.69, 9.17) is 0 Å². The first-order valence-corrected chi connectivity index (χ1v) is 9.73. The van der Waals surface area contributed by atoms with Crippen molar-refractivity contribution in [3.8, 4) is 0 Å². The minimum absolute atomic E-state index is 0.406. The van der Waals surface area contributed by atoms with E-state index in [0.29, 0.717) is 23.9 Å². The highest BCUT2D eigenvalue weighted by molar-refractivity contribution is 9.09. The second kappa shape index (κ2) is 6.07. The lowest BCUT2D eigenvalue weighted by Crippen LogP contribution is -2.40. The highest BCUT2D eigenvalue weighted by Gasteiger charge is 2.30. The Morgan fingerprint density at radius 3 is 2.71 bits per heavy atom. The number of hydrogen-bond acceptors (Lipinski definition) is 2. The van der Waals surface area contributed by atoms with Gasteiger partial charge < -0.3 is 0 Å². The van der Waals surface area contributed by atoms with Gasteiger partial charge in [-0.15, -0.1) is 0 Å². The van der Waals surface area contributed by atoms with Crippen molar-refractivity contribution in [3.63, 3.8) is 0 Å². The van der Waals surface area contributed by atoms with Gasteiger partial charge in [0, 0.05) is 23.8 Å². The molecule has 3 rings (SSSR count). The van der Waals surface area contributed by atoms with Crippen LogP contribution in [0.15, 0.2) is 47.4 Å². The Balaban J connectivity index is 2.04. The van der Waals surface area contributed by atoms with E-state index < -0.39 is 10.0 Å². The third-order valence-electron chi connectivity index (χ3n) is 4.07. The summed E-state index contributed by atoms with van der Waals surface area (Å²) in [5.41, 5.74) is 0. The highest BCUT2D eigenvalue weighted by atomic mass is 79.9. The van der Waals surface area contributed by atoms with Crippen molar-refractivity contribution < 1.29 is 8.42 Å². The first-order chi connectivity index (χ1) is 10.1. The Hall–Kier alpha value is -0.910. The number of fused-ring (bicyclic) bond motifs is 1. The summed E-state index contributed by atoms with van der Waals surface area (Å²) in [6.07, 6.45) is 2.02. The van der Waals surface area contributed by atoms with Crippen LogP contribution in [0.5, 0.6) is 0 Å². The number of nitrogens with zero attached hydrogens (tertiary/aromatic N) is 1. The molecule has 3 nitrogen and oxygen atoms in total. The average molecular weight is 368 g/mol. The Labute approximate surface area is 134 Å². The smallest absolute Gasteiger partial charge is 0.207 e. The monoisotopic (exact) mass is 367 g/mol. The van der Waals surface area contributed by atoms with Crippen molar-refractivity contribution in [1.29, 1.82) is 0 Å². The lowest BCUT2D eigenvalue weighted by Gasteiger charge is -2.31. The SMILES string of the molecule is O=S(=O)(c1cccc2ccccc12)N1CCCC(CBr)C1. The number of rotatable bonds is 3. The molecule has 1 fully saturated rings. The van der Waals surface area contributed by atoms with Gasteiger partial charge in [-0.3, -0.25) is 0 Å². The van der Waals surface area contributed by atoms with Gasteiger partial charge in [-0.05, 0) is 30.2 Å².